The molecule has 1 atom stereocenters. The van der Waals surface area contributed by atoms with Crippen LogP contribution >= 0.6 is 0 Å². The average molecular weight is 417 g/mol. The molecule has 2 aliphatic rings. The van der Waals surface area contributed by atoms with Gasteiger partial charge >= 0.3 is 0 Å². The summed E-state index contributed by atoms with van der Waals surface area (Å²) in [7, 11) is 0. The lowest BCUT2D eigenvalue weighted by Gasteiger charge is -2.28. The smallest absolute Gasteiger partial charge is 0.239 e. The van der Waals surface area contributed by atoms with E-state index in [1.54, 1.807) is 17.2 Å². The number of aromatic nitrogens is 1. The van der Waals surface area contributed by atoms with Crippen LogP contribution in [0.15, 0.2) is 18.3 Å². The van der Waals surface area contributed by atoms with Gasteiger partial charge in [0.15, 0.2) is 0 Å². The third-order valence-corrected chi connectivity index (χ3v) is 5.70. The summed E-state index contributed by atoms with van der Waals surface area (Å²) >= 11 is 0. The van der Waals surface area contributed by atoms with Gasteiger partial charge < -0.3 is 20.3 Å². The standard InChI is InChI=1S/C22H32N4O4/c1-16-10-11-23-19(13-16)25-20(27)8-9-22(29)26(17-5-2-3-6-17)15-21(28)24-14-18-7-4-12-30-18/h10-11,13,17-18H,2-9,12,14-15H2,1H3,(H,24,28)(H,23,25,27)/t18-/m1/s1. The first-order chi connectivity index (χ1) is 14.5. The van der Waals surface area contributed by atoms with Gasteiger partial charge in [-0.3, -0.25) is 14.4 Å². The Morgan fingerprint density at radius 3 is 2.63 bits per heavy atom. The summed E-state index contributed by atoms with van der Waals surface area (Å²) < 4.78 is 5.53. The van der Waals surface area contributed by atoms with Crippen LogP contribution in [-0.4, -0.2) is 59.4 Å². The summed E-state index contributed by atoms with van der Waals surface area (Å²) in [4.78, 5) is 43.3. The van der Waals surface area contributed by atoms with Crippen molar-refractivity contribution in [2.75, 3.05) is 25.0 Å². The summed E-state index contributed by atoms with van der Waals surface area (Å²) in [5.41, 5.74) is 0.998. The van der Waals surface area contributed by atoms with Gasteiger partial charge in [0, 0.05) is 38.2 Å². The van der Waals surface area contributed by atoms with E-state index in [9.17, 15) is 14.4 Å². The largest absolute Gasteiger partial charge is 0.376 e. The number of aryl methyl sites for hydroxylation is 1. The molecule has 0 bridgehead atoms. The second kappa shape index (κ2) is 11.1. The second-order valence-corrected chi connectivity index (χ2v) is 8.17. The van der Waals surface area contributed by atoms with Gasteiger partial charge in [-0.15, -0.1) is 0 Å². The van der Waals surface area contributed by atoms with Crippen LogP contribution in [0.3, 0.4) is 0 Å². The Kier molecular flexibility index (Phi) is 8.19. The predicted molar refractivity (Wildman–Crippen MR) is 113 cm³/mol. The molecule has 8 heteroatoms. The minimum absolute atomic E-state index is 0.0390. The van der Waals surface area contributed by atoms with Gasteiger partial charge in [-0.25, -0.2) is 4.98 Å². The van der Waals surface area contributed by atoms with Gasteiger partial charge in [-0.2, -0.15) is 0 Å². The van der Waals surface area contributed by atoms with E-state index in [1.165, 1.54) is 0 Å². The van der Waals surface area contributed by atoms with Crippen LogP contribution in [0.5, 0.6) is 0 Å². The number of anilines is 1. The first kappa shape index (κ1) is 22.2. The zero-order valence-corrected chi connectivity index (χ0v) is 17.7. The van der Waals surface area contributed by atoms with E-state index >= 15 is 0 Å². The second-order valence-electron chi connectivity index (χ2n) is 8.17. The van der Waals surface area contributed by atoms with Crippen molar-refractivity contribution in [3.05, 3.63) is 23.9 Å². The van der Waals surface area contributed by atoms with Crippen molar-refractivity contribution in [3.63, 3.8) is 0 Å². The van der Waals surface area contributed by atoms with E-state index in [4.69, 9.17) is 4.74 Å². The van der Waals surface area contributed by atoms with Crippen LogP contribution < -0.4 is 10.6 Å². The molecule has 8 nitrogen and oxygen atoms in total. The fourth-order valence-corrected chi connectivity index (χ4v) is 4.05. The van der Waals surface area contributed by atoms with Gasteiger partial charge in [-0.1, -0.05) is 12.8 Å². The van der Waals surface area contributed by atoms with E-state index in [-0.39, 0.29) is 49.3 Å². The monoisotopic (exact) mass is 416 g/mol. The normalized spacial score (nSPS) is 18.9. The molecule has 1 saturated carbocycles. The molecule has 164 valence electrons. The summed E-state index contributed by atoms with van der Waals surface area (Å²) in [5.74, 6) is -0.0926. The Labute approximate surface area is 177 Å². The van der Waals surface area contributed by atoms with Crippen molar-refractivity contribution in [2.45, 2.75) is 70.4 Å². The molecule has 2 heterocycles. The number of nitrogens with zero attached hydrogens (tertiary/aromatic N) is 2. The highest BCUT2D eigenvalue weighted by Gasteiger charge is 2.29. The van der Waals surface area contributed by atoms with Crippen molar-refractivity contribution < 1.29 is 19.1 Å². The highest BCUT2D eigenvalue weighted by molar-refractivity contribution is 5.93. The lowest BCUT2D eigenvalue weighted by atomic mass is 10.1. The molecular formula is C22H32N4O4. The van der Waals surface area contributed by atoms with Crippen LogP contribution in [0.4, 0.5) is 5.82 Å². The maximum absolute atomic E-state index is 12.9. The Hall–Kier alpha value is -2.48. The Bertz CT molecular complexity index is 742. The fraction of sp³-hybridized carbons (Fsp3) is 0.636. The van der Waals surface area contributed by atoms with Gasteiger partial charge in [0.25, 0.3) is 0 Å². The SMILES string of the molecule is Cc1ccnc(NC(=O)CCC(=O)N(CC(=O)NC[C@H]2CCCO2)C2CCCC2)c1. The number of ether oxygens (including phenoxy) is 1. The number of hydrogen-bond donors (Lipinski definition) is 2. The number of carbonyl (C=O) groups is 3. The molecule has 1 saturated heterocycles. The average Bonchev–Trinajstić information content (AvgIpc) is 3.43. The Balaban J connectivity index is 1.49. The van der Waals surface area contributed by atoms with Crippen molar-refractivity contribution >= 4 is 23.5 Å². The lowest BCUT2D eigenvalue weighted by molar-refractivity contribution is -0.139. The summed E-state index contributed by atoms with van der Waals surface area (Å²) in [6.07, 6.45) is 7.76. The van der Waals surface area contributed by atoms with Crippen molar-refractivity contribution in [1.82, 2.24) is 15.2 Å². The van der Waals surface area contributed by atoms with E-state index in [0.717, 1.165) is 50.7 Å². The van der Waals surface area contributed by atoms with Gasteiger partial charge in [0.1, 0.15) is 5.82 Å². The van der Waals surface area contributed by atoms with E-state index in [2.05, 4.69) is 15.6 Å². The van der Waals surface area contributed by atoms with Gasteiger partial charge in [-0.05, 0) is 50.3 Å². The summed E-state index contributed by atoms with van der Waals surface area (Å²) in [6, 6.07) is 3.71. The molecule has 3 rings (SSSR count). The van der Waals surface area contributed by atoms with E-state index < -0.39 is 0 Å². The van der Waals surface area contributed by atoms with Crippen molar-refractivity contribution in [3.8, 4) is 0 Å². The number of rotatable bonds is 9. The molecular weight excluding hydrogens is 384 g/mol. The number of hydrogen-bond acceptors (Lipinski definition) is 5. The van der Waals surface area contributed by atoms with Crippen LogP contribution in [-0.2, 0) is 19.1 Å². The van der Waals surface area contributed by atoms with Crippen molar-refractivity contribution in [2.24, 2.45) is 0 Å². The molecule has 2 fully saturated rings. The van der Waals surface area contributed by atoms with Crippen molar-refractivity contribution in [1.29, 1.82) is 0 Å². The van der Waals surface area contributed by atoms with Gasteiger partial charge in [0.05, 0.1) is 12.6 Å². The highest BCUT2D eigenvalue weighted by Crippen LogP contribution is 2.24. The fourth-order valence-electron chi connectivity index (χ4n) is 4.05. The van der Waals surface area contributed by atoms with Crippen LogP contribution in [0.1, 0.15) is 56.9 Å². The highest BCUT2D eigenvalue weighted by atomic mass is 16.5. The van der Waals surface area contributed by atoms with Crippen LogP contribution in [0.2, 0.25) is 0 Å². The molecule has 0 radical (unpaired) electrons. The molecule has 0 spiro atoms. The minimum Gasteiger partial charge on any atom is -0.376 e. The molecule has 3 amide bonds. The Morgan fingerprint density at radius 1 is 1.13 bits per heavy atom. The molecule has 2 N–H and O–H groups in total. The third kappa shape index (κ3) is 6.79. The maximum Gasteiger partial charge on any atom is 0.239 e. The molecule has 30 heavy (non-hydrogen) atoms. The first-order valence-electron chi connectivity index (χ1n) is 10.9. The first-order valence-corrected chi connectivity index (χ1v) is 10.9. The molecule has 0 unspecified atom stereocenters. The molecule has 0 aromatic carbocycles. The molecule has 1 aliphatic heterocycles. The molecule has 1 aliphatic carbocycles. The number of carbonyl (C=O) groups excluding carboxylic acids is 3. The number of pyridine rings is 1. The van der Waals surface area contributed by atoms with E-state index in [1.807, 2.05) is 13.0 Å². The zero-order valence-electron chi connectivity index (χ0n) is 17.7. The summed E-state index contributed by atoms with van der Waals surface area (Å²) in [5, 5.41) is 5.62. The third-order valence-electron chi connectivity index (χ3n) is 5.70. The number of amides is 3. The van der Waals surface area contributed by atoms with Crippen LogP contribution in [0.25, 0.3) is 0 Å². The maximum atomic E-state index is 12.9. The Morgan fingerprint density at radius 2 is 1.93 bits per heavy atom. The molecule has 1 aromatic heterocycles. The zero-order chi connectivity index (χ0) is 21.3. The topological polar surface area (TPSA) is 101 Å². The number of nitrogens with one attached hydrogen (secondary N) is 2. The lowest BCUT2D eigenvalue weighted by Crippen LogP contribution is -2.46. The van der Waals surface area contributed by atoms with E-state index in [0.29, 0.717) is 12.4 Å². The quantitative estimate of drug-likeness (QED) is 0.643. The predicted octanol–water partition coefficient (Wildman–Crippen LogP) is 2.18. The van der Waals surface area contributed by atoms with Gasteiger partial charge in [0.2, 0.25) is 17.7 Å². The molecule has 1 aromatic rings. The summed E-state index contributed by atoms with van der Waals surface area (Å²) in [6.45, 7) is 3.19. The minimum atomic E-state index is -0.254. The van der Waals surface area contributed by atoms with Crippen LogP contribution in [0, 0.1) is 6.92 Å².